The molecule has 138 valence electrons. The summed E-state index contributed by atoms with van der Waals surface area (Å²) < 4.78 is 0. The number of nitrogens with one attached hydrogen (secondary N) is 3. The van der Waals surface area contributed by atoms with Gasteiger partial charge in [0.1, 0.15) is 6.54 Å². The molecule has 0 saturated carbocycles. The summed E-state index contributed by atoms with van der Waals surface area (Å²) in [5.74, 6) is 0.607. The van der Waals surface area contributed by atoms with Crippen LogP contribution in [0, 0.1) is 5.41 Å². The van der Waals surface area contributed by atoms with Crippen molar-refractivity contribution in [3.8, 4) is 0 Å². The number of nitrogens with zero attached hydrogens (tertiary/aromatic N) is 2. The van der Waals surface area contributed by atoms with E-state index < -0.39 is 0 Å². The number of rotatable bonds is 7. The molecule has 0 aliphatic carbocycles. The van der Waals surface area contributed by atoms with Gasteiger partial charge in [-0.1, -0.05) is 13.8 Å². The highest BCUT2D eigenvalue weighted by molar-refractivity contribution is 14.0. The van der Waals surface area contributed by atoms with Crippen molar-refractivity contribution in [2.75, 3.05) is 40.3 Å². The standard InChI is InChI=1S/C16H35N5O.HI/c1-9-17-14(18-10-13(22)20-15(2,3)4)19-11-16(5,6)12-21(7)8;/h9-12H2,1-8H3,(H,20,22)(H2,17,18,19);1H. The van der Waals surface area contributed by atoms with E-state index in [1.807, 2.05) is 27.7 Å². The Morgan fingerprint density at radius 2 is 1.65 bits per heavy atom. The molecule has 1 amide bonds. The van der Waals surface area contributed by atoms with Gasteiger partial charge >= 0.3 is 0 Å². The Morgan fingerprint density at radius 3 is 2.09 bits per heavy atom. The van der Waals surface area contributed by atoms with Crippen LogP contribution in [0.2, 0.25) is 0 Å². The molecular formula is C16H36IN5O. The lowest BCUT2D eigenvalue weighted by molar-refractivity contribution is -0.121. The highest BCUT2D eigenvalue weighted by atomic mass is 127. The van der Waals surface area contributed by atoms with Crippen LogP contribution in [0.1, 0.15) is 41.5 Å². The Kier molecular flexibility index (Phi) is 11.9. The van der Waals surface area contributed by atoms with Gasteiger partial charge in [0.2, 0.25) is 5.91 Å². The van der Waals surface area contributed by atoms with Crippen molar-refractivity contribution in [2.45, 2.75) is 47.1 Å². The topological polar surface area (TPSA) is 68.8 Å². The van der Waals surface area contributed by atoms with Crippen LogP contribution in [-0.2, 0) is 4.79 Å². The van der Waals surface area contributed by atoms with Crippen LogP contribution in [0.3, 0.4) is 0 Å². The molecule has 0 aromatic rings. The third-order valence-corrected chi connectivity index (χ3v) is 2.72. The molecule has 0 unspecified atom stereocenters. The van der Waals surface area contributed by atoms with E-state index in [9.17, 15) is 4.79 Å². The zero-order valence-electron chi connectivity index (χ0n) is 16.0. The molecule has 0 bridgehead atoms. The van der Waals surface area contributed by atoms with E-state index in [4.69, 9.17) is 0 Å². The minimum atomic E-state index is -0.230. The quantitative estimate of drug-likeness (QED) is 0.320. The van der Waals surface area contributed by atoms with Gasteiger partial charge in [-0.3, -0.25) is 4.79 Å². The molecule has 0 spiro atoms. The van der Waals surface area contributed by atoms with Crippen LogP contribution in [0.5, 0.6) is 0 Å². The van der Waals surface area contributed by atoms with Crippen LogP contribution < -0.4 is 16.0 Å². The number of hydrogen-bond acceptors (Lipinski definition) is 3. The van der Waals surface area contributed by atoms with Gasteiger partial charge in [-0.25, -0.2) is 4.99 Å². The molecule has 0 heterocycles. The Morgan fingerprint density at radius 1 is 1.09 bits per heavy atom. The summed E-state index contributed by atoms with van der Waals surface area (Å²) in [5, 5.41) is 9.40. The smallest absolute Gasteiger partial charge is 0.242 e. The van der Waals surface area contributed by atoms with E-state index in [-0.39, 0.29) is 47.4 Å². The van der Waals surface area contributed by atoms with Gasteiger partial charge in [-0.15, -0.1) is 24.0 Å². The fourth-order valence-electron chi connectivity index (χ4n) is 2.19. The summed E-state index contributed by atoms with van der Waals surface area (Å²) in [6.07, 6.45) is 0. The van der Waals surface area contributed by atoms with Crippen LogP contribution in [0.4, 0.5) is 0 Å². The van der Waals surface area contributed by atoms with E-state index in [2.05, 4.69) is 53.8 Å². The number of amides is 1. The Hall–Kier alpha value is -0.570. The second-order valence-corrected chi connectivity index (χ2v) is 7.75. The molecule has 0 atom stereocenters. The summed E-state index contributed by atoms with van der Waals surface area (Å²) >= 11 is 0. The van der Waals surface area contributed by atoms with Gasteiger partial charge in [0, 0.05) is 25.2 Å². The van der Waals surface area contributed by atoms with Gasteiger partial charge in [-0.2, -0.15) is 0 Å². The summed E-state index contributed by atoms with van der Waals surface area (Å²) in [4.78, 5) is 18.4. The number of halogens is 1. The maximum absolute atomic E-state index is 11.8. The maximum Gasteiger partial charge on any atom is 0.242 e. The zero-order chi connectivity index (χ0) is 17.4. The fraction of sp³-hybridized carbons (Fsp3) is 0.875. The molecule has 0 fully saturated rings. The monoisotopic (exact) mass is 441 g/mol. The first-order valence-electron chi connectivity index (χ1n) is 7.93. The third kappa shape index (κ3) is 14.7. The number of hydrogen-bond donors (Lipinski definition) is 3. The first-order chi connectivity index (χ1) is 9.95. The molecule has 0 radical (unpaired) electrons. The van der Waals surface area contributed by atoms with Crippen LogP contribution >= 0.6 is 24.0 Å². The number of carbonyl (C=O) groups is 1. The number of guanidine groups is 1. The average Bonchev–Trinajstić information content (AvgIpc) is 2.29. The van der Waals surface area contributed by atoms with Crippen molar-refractivity contribution in [1.82, 2.24) is 20.9 Å². The van der Waals surface area contributed by atoms with E-state index >= 15 is 0 Å². The zero-order valence-corrected chi connectivity index (χ0v) is 18.4. The lowest BCUT2D eigenvalue weighted by Gasteiger charge is -2.29. The predicted molar refractivity (Wildman–Crippen MR) is 110 cm³/mol. The SMILES string of the molecule is CCNC(=NCC(=O)NC(C)(C)C)NCC(C)(C)CN(C)C.I. The summed E-state index contributed by atoms with van der Waals surface area (Å²) in [6.45, 7) is 15.0. The maximum atomic E-state index is 11.8. The van der Waals surface area contributed by atoms with E-state index in [0.717, 1.165) is 19.6 Å². The van der Waals surface area contributed by atoms with E-state index in [1.54, 1.807) is 0 Å². The van der Waals surface area contributed by atoms with Crippen molar-refractivity contribution in [1.29, 1.82) is 0 Å². The molecule has 0 rings (SSSR count). The lowest BCUT2D eigenvalue weighted by atomic mass is 9.93. The Balaban J connectivity index is 0. The highest BCUT2D eigenvalue weighted by Gasteiger charge is 2.19. The molecule has 7 heteroatoms. The van der Waals surface area contributed by atoms with E-state index in [1.165, 1.54) is 0 Å². The van der Waals surface area contributed by atoms with Crippen molar-refractivity contribution < 1.29 is 4.79 Å². The highest BCUT2D eigenvalue weighted by Crippen LogP contribution is 2.13. The first-order valence-corrected chi connectivity index (χ1v) is 7.93. The minimum Gasteiger partial charge on any atom is -0.357 e. The van der Waals surface area contributed by atoms with Gasteiger partial charge in [-0.05, 0) is 47.2 Å². The van der Waals surface area contributed by atoms with Gasteiger partial charge in [0.05, 0.1) is 0 Å². The molecule has 0 aliphatic rings. The summed E-state index contributed by atoms with van der Waals surface area (Å²) in [6, 6.07) is 0. The first kappa shape index (κ1) is 24.7. The van der Waals surface area contributed by atoms with Crippen LogP contribution in [0.25, 0.3) is 0 Å². The molecule has 23 heavy (non-hydrogen) atoms. The molecule has 0 aromatic carbocycles. The second kappa shape index (κ2) is 11.1. The van der Waals surface area contributed by atoms with E-state index in [0.29, 0.717) is 5.96 Å². The molecule has 0 aromatic heterocycles. The lowest BCUT2D eigenvalue weighted by Crippen LogP contribution is -2.46. The van der Waals surface area contributed by atoms with Crippen molar-refractivity contribution in [3.05, 3.63) is 0 Å². The van der Waals surface area contributed by atoms with Crippen LogP contribution in [-0.4, -0.2) is 62.6 Å². The number of carbonyl (C=O) groups excluding carboxylic acids is 1. The second-order valence-electron chi connectivity index (χ2n) is 7.75. The minimum absolute atomic E-state index is 0. The Labute approximate surface area is 159 Å². The Bertz CT molecular complexity index is 375. The van der Waals surface area contributed by atoms with Crippen LogP contribution in [0.15, 0.2) is 4.99 Å². The van der Waals surface area contributed by atoms with Crippen molar-refractivity contribution in [3.63, 3.8) is 0 Å². The van der Waals surface area contributed by atoms with Crippen molar-refractivity contribution >= 4 is 35.8 Å². The molecule has 3 N–H and O–H groups in total. The summed E-state index contributed by atoms with van der Waals surface area (Å²) in [5.41, 5.74) is -0.112. The fourth-order valence-corrected chi connectivity index (χ4v) is 2.19. The summed E-state index contributed by atoms with van der Waals surface area (Å²) in [7, 11) is 4.13. The molecule has 0 saturated heterocycles. The number of aliphatic imine (C=N–C) groups is 1. The predicted octanol–water partition coefficient (Wildman–Crippen LogP) is 1.66. The third-order valence-electron chi connectivity index (χ3n) is 2.72. The van der Waals surface area contributed by atoms with Gasteiger partial charge in [0.25, 0.3) is 0 Å². The molecular weight excluding hydrogens is 405 g/mol. The van der Waals surface area contributed by atoms with Gasteiger partial charge < -0.3 is 20.9 Å². The molecule has 0 aliphatic heterocycles. The molecule has 6 nitrogen and oxygen atoms in total. The largest absolute Gasteiger partial charge is 0.357 e. The average molecular weight is 441 g/mol. The normalized spacial score (nSPS) is 12.7. The van der Waals surface area contributed by atoms with Gasteiger partial charge in [0.15, 0.2) is 5.96 Å². The van der Waals surface area contributed by atoms with Crippen molar-refractivity contribution in [2.24, 2.45) is 10.4 Å².